The Hall–Kier alpha value is -3.47. The molecule has 3 heterocycles. The maximum Gasteiger partial charge on any atom is 0.410 e. The van der Waals surface area contributed by atoms with Crippen LogP contribution >= 0.6 is 0 Å². The highest BCUT2D eigenvalue weighted by molar-refractivity contribution is 7.92. The molecule has 1 saturated heterocycles. The van der Waals surface area contributed by atoms with E-state index in [1.807, 2.05) is 27.7 Å². The van der Waals surface area contributed by atoms with E-state index in [0.717, 1.165) is 16.6 Å². The Balaban J connectivity index is 1.56. The minimum Gasteiger partial charge on any atom is -0.444 e. The number of pyridine rings is 1. The van der Waals surface area contributed by atoms with E-state index in [-0.39, 0.29) is 22.8 Å². The number of hydrogen-bond donors (Lipinski definition) is 1. The highest BCUT2D eigenvalue weighted by Gasteiger charge is 2.31. The zero-order valence-electron chi connectivity index (χ0n) is 19.6. The molecule has 1 unspecified atom stereocenters. The van der Waals surface area contributed by atoms with Gasteiger partial charge in [0.25, 0.3) is 10.0 Å². The summed E-state index contributed by atoms with van der Waals surface area (Å²) in [6.07, 6.45) is 4.09. The lowest BCUT2D eigenvalue weighted by Gasteiger charge is -2.41. The summed E-state index contributed by atoms with van der Waals surface area (Å²) in [7, 11) is -3.82. The number of piperazine rings is 1. The molecule has 1 fully saturated rings. The molecule has 1 atom stereocenters. The van der Waals surface area contributed by atoms with Gasteiger partial charge in [-0.3, -0.25) is 4.72 Å². The van der Waals surface area contributed by atoms with Crippen molar-refractivity contribution < 1.29 is 17.9 Å². The Morgan fingerprint density at radius 3 is 2.59 bits per heavy atom. The molecule has 1 aliphatic heterocycles. The van der Waals surface area contributed by atoms with E-state index in [9.17, 15) is 13.2 Å². The van der Waals surface area contributed by atoms with E-state index in [2.05, 4.69) is 24.6 Å². The number of hydrogen-bond acceptors (Lipinski definition) is 8. The van der Waals surface area contributed by atoms with E-state index in [4.69, 9.17) is 4.74 Å². The number of aromatic nitrogens is 3. The molecule has 2 aromatic heterocycles. The van der Waals surface area contributed by atoms with Crippen LogP contribution in [0.4, 0.5) is 16.4 Å². The number of benzene rings is 1. The average molecular weight is 485 g/mol. The summed E-state index contributed by atoms with van der Waals surface area (Å²) in [5.74, 6) is 0.948. The molecule has 1 aromatic carbocycles. The lowest BCUT2D eigenvalue weighted by molar-refractivity contribution is 0.0218. The van der Waals surface area contributed by atoms with Crippen LogP contribution in [0.3, 0.4) is 0 Å². The Bertz CT molecular complexity index is 1290. The van der Waals surface area contributed by atoms with E-state index in [1.165, 1.54) is 18.6 Å². The van der Waals surface area contributed by atoms with Gasteiger partial charge in [-0.1, -0.05) is 0 Å². The number of nitrogens with one attached hydrogen (secondary N) is 1. The monoisotopic (exact) mass is 484 g/mol. The summed E-state index contributed by atoms with van der Waals surface area (Å²) >= 11 is 0. The smallest absolute Gasteiger partial charge is 0.410 e. The maximum absolute atomic E-state index is 12.8. The van der Waals surface area contributed by atoms with Crippen LogP contribution in [0.25, 0.3) is 10.8 Å². The van der Waals surface area contributed by atoms with E-state index in [1.54, 1.807) is 35.4 Å². The van der Waals surface area contributed by atoms with Crippen molar-refractivity contribution in [2.75, 3.05) is 29.3 Å². The van der Waals surface area contributed by atoms with Gasteiger partial charge in [-0.15, -0.1) is 0 Å². The average Bonchev–Trinajstić information content (AvgIpc) is 2.77. The van der Waals surface area contributed by atoms with Crippen molar-refractivity contribution in [2.24, 2.45) is 0 Å². The fraction of sp³-hybridized carbons (Fsp3) is 0.391. The van der Waals surface area contributed by atoms with Gasteiger partial charge < -0.3 is 14.5 Å². The molecule has 1 N–H and O–H groups in total. The number of carbonyl (C=O) groups excluding carboxylic acids is 1. The lowest BCUT2D eigenvalue weighted by atomic mass is 10.1. The van der Waals surface area contributed by atoms with Crippen LogP contribution in [0.5, 0.6) is 0 Å². The minimum absolute atomic E-state index is 0.00205. The third kappa shape index (κ3) is 5.19. The number of amides is 1. The summed E-state index contributed by atoms with van der Waals surface area (Å²) in [6, 6.07) is 8.20. The van der Waals surface area contributed by atoms with E-state index >= 15 is 0 Å². The van der Waals surface area contributed by atoms with Gasteiger partial charge in [0.1, 0.15) is 23.6 Å². The minimum atomic E-state index is -3.82. The molecule has 34 heavy (non-hydrogen) atoms. The van der Waals surface area contributed by atoms with Crippen molar-refractivity contribution in [3.8, 4) is 0 Å². The molecule has 0 spiro atoms. The number of carbonyl (C=O) groups is 1. The summed E-state index contributed by atoms with van der Waals surface area (Å²) in [6.45, 7) is 9.17. The predicted octanol–water partition coefficient (Wildman–Crippen LogP) is 3.27. The molecule has 1 aliphatic rings. The first-order chi connectivity index (χ1) is 16.0. The van der Waals surface area contributed by atoms with Crippen LogP contribution in [-0.2, 0) is 14.8 Å². The zero-order valence-corrected chi connectivity index (χ0v) is 20.4. The molecule has 10 nitrogen and oxygen atoms in total. The van der Waals surface area contributed by atoms with Crippen molar-refractivity contribution in [2.45, 2.75) is 44.2 Å². The van der Waals surface area contributed by atoms with Gasteiger partial charge in [-0.25, -0.2) is 28.2 Å². The highest BCUT2D eigenvalue weighted by Crippen LogP contribution is 2.30. The third-order valence-corrected chi connectivity index (χ3v) is 6.75. The van der Waals surface area contributed by atoms with Crippen molar-refractivity contribution in [3.63, 3.8) is 0 Å². The summed E-state index contributed by atoms with van der Waals surface area (Å²) in [5.41, 5.74) is -0.547. The van der Waals surface area contributed by atoms with Crippen molar-refractivity contribution in [1.82, 2.24) is 19.9 Å². The second-order valence-corrected chi connectivity index (χ2v) is 10.9. The van der Waals surface area contributed by atoms with Crippen molar-refractivity contribution in [3.05, 3.63) is 49.1 Å². The molecule has 180 valence electrons. The molecule has 0 aliphatic carbocycles. The van der Waals surface area contributed by atoms with E-state index < -0.39 is 15.6 Å². The SMILES string of the molecule is CC1CN(C(=O)OC(C)(C)C)CCN1c1nccc2cc(S(=O)(=O)Nc3ccncn3)ccc12. The zero-order chi connectivity index (χ0) is 24.5. The fourth-order valence-electron chi connectivity index (χ4n) is 3.85. The second-order valence-electron chi connectivity index (χ2n) is 9.19. The van der Waals surface area contributed by atoms with Gasteiger partial charge in [0, 0.05) is 43.5 Å². The Morgan fingerprint density at radius 2 is 1.91 bits per heavy atom. The number of ether oxygens (including phenoxy) is 1. The molecular weight excluding hydrogens is 456 g/mol. The number of sulfonamides is 1. The first-order valence-corrected chi connectivity index (χ1v) is 12.4. The van der Waals surface area contributed by atoms with Gasteiger partial charge in [0.05, 0.1) is 4.90 Å². The van der Waals surface area contributed by atoms with Crippen LogP contribution in [0, 0.1) is 0 Å². The number of fused-ring (bicyclic) bond motifs is 1. The van der Waals surface area contributed by atoms with Gasteiger partial charge in [0.15, 0.2) is 0 Å². The van der Waals surface area contributed by atoms with Gasteiger partial charge in [-0.2, -0.15) is 0 Å². The third-order valence-electron chi connectivity index (χ3n) is 5.40. The normalized spacial score (nSPS) is 17.0. The summed E-state index contributed by atoms with van der Waals surface area (Å²) < 4.78 is 33.6. The van der Waals surface area contributed by atoms with Gasteiger partial charge in [-0.05, 0) is 63.4 Å². The Labute approximate surface area is 199 Å². The van der Waals surface area contributed by atoms with Gasteiger partial charge >= 0.3 is 6.09 Å². The number of rotatable bonds is 4. The molecule has 0 radical (unpaired) electrons. The fourth-order valence-corrected chi connectivity index (χ4v) is 4.89. The van der Waals surface area contributed by atoms with Crippen LogP contribution < -0.4 is 9.62 Å². The standard InChI is InChI=1S/C23H28N6O4S/c1-16-14-28(22(30)33-23(2,3)4)11-12-29(16)21-19-6-5-18(13-17(19)7-10-25-21)34(31,32)27-20-8-9-24-15-26-20/h5-10,13,15-16H,11-12,14H2,1-4H3,(H,24,26,27). The molecule has 11 heteroatoms. The van der Waals surface area contributed by atoms with Crippen molar-refractivity contribution in [1.29, 1.82) is 0 Å². The number of anilines is 2. The quantitative estimate of drug-likeness (QED) is 0.600. The molecule has 0 saturated carbocycles. The van der Waals surface area contributed by atoms with Crippen LogP contribution in [-0.4, -0.2) is 65.6 Å². The van der Waals surface area contributed by atoms with E-state index in [0.29, 0.717) is 19.6 Å². The predicted molar refractivity (Wildman–Crippen MR) is 129 cm³/mol. The molecule has 0 bridgehead atoms. The maximum atomic E-state index is 12.8. The number of nitrogens with zero attached hydrogens (tertiary/aromatic N) is 5. The first-order valence-electron chi connectivity index (χ1n) is 11.0. The van der Waals surface area contributed by atoms with Gasteiger partial charge in [0.2, 0.25) is 0 Å². The van der Waals surface area contributed by atoms with Crippen LogP contribution in [0.15, 0.2) is 53.9 Å². The summed E-state index contributed by atoms with van der Waals surface area (Å²) in [5, 5.41) is 1.58. The lowest BCUT2D eigenvalue weighted by Crippen LogP contribution is -2.54. The van der Waals surface area contributed by atoms with Crippen molar-refractivity contribution >= 4 is 38.5 Å². The Morgan fingerprint density at radius 1 is 1.12 bits per heavy atom. The Kier molecular flexibility index (Phi) is 6.30. The topological polar surface area (TPSA) is 118 Å². The summed E-state index contributed by atoms with van der Waals surface area (Å²) in [4.78, 5) is 28.7. The second kappa shape index (κ2) is 9.05. The molecule has 4 rings (SSSR count). The molecule has 3 aromatic rings. The van der Waals surface area contributed by atoms with Crippen LogP contribution in [0.1, 0.15) is 27.7 Å². The largest absolute Gasteiger partial charge is 0.444 e. The first kappa shape index (κ1) is 23.7. The molecular formula is C23H28N6O4S. The highest BCUT2D eigenvalue weighted by atomic mass is 32.2. The van der Waals surface area contributed by atoms with Crippen LogP contribution in [0.2, 0.25) is 0 Å². The molecule has 1 amide bonds.